The molecule has 13 heteroatoms. The average molecular weight is 1160 g/mol. The number of hydrogen-bond acceptors (Lipinski definition) is 8. The highest BCUT2D eigenvalue weighted by atomic mass is 16.3. The number of carbonyl (C=O) groups is 1. The fourth-order valence-electron chi connectivity index (χ4n) is 13.3. The van der Waals surface area contributed by atoms with Gasteiger partial charge in [0.05, 0.1) is 58.3 Å². The number of aromatic amines is 3. The van der Waals surface area contributed by atoms with Crippen LogP contribution in [0.25, 0.3) is 96.6 Å². The van der Waals surface area contributed by atoms with Crippen molar-refractivity contribution >= 4 is 58.0 Å². The third-order valence-corrected chi connectivity index (χ3v) is 16.8. The lowest BCUT2D eigenvalue weighted by Gasteiger charge is -2.20. The second kappa shape index (κ2) is 23.1. The van der Waals surface area contributed by atoms with Gasteiger partial charge < -0.3 is 29.9 Å². The molecule has 8 bridgehead atoms. The van der Waals surface area contributed by atoms with Crippen LogP contribution in [-0.2, 0) is 19.6 Å². The van der Waals surface area contributed by atoms with E-state index in [0.717, 1.165) is 134 Å². The van der Waals surface area contributed by atoms with Crippen LogP contribution in [0.2, 0.25) is 0 Å². The summed E-state index contributed by atoms with van der Waals surface area (Å²) in [5.41, 5.74) is 29.6. The molecule has 5 aromatic carbocycles. The number of carbonyl (C=O) groups excluding carboxylic acids is 1. The van der Waals surface area contributed by atoms with Gasteiger partial charge in [0.25, 0.3) is 5.91 Å². The molecule has 436 valence electrons. The number of benzene rings is 5. The number of aryl methyl sites for hydroxylation is 10. The van der Waals surface area contributed by atoms with Gasteiger partial charge in [-0.2, -0.15) is 0 Å². The number of phenols is 1. The van der Waals surface area contributed by atoms with Crippen molar-refractivity contribution in [3.05, 3.63) is 248 Å². The van der Waals surface area contributed by atoms with Gasteiger partial charge in [-0.25, -0.2) is 19.9 Å². The number of aromatic hydroxyl groups is 1. The average Bonchev–Trinajstić information content (AvgIpc) is 1.79. The molecule has 8 heterocycles. The molecule has 6 aromatic heterocycles. The van der Waals surface area contributed by atoms with Gasteiger partial charge in [0, 0.05) is 93.4 Å². The van der Waals surface area contributed by atoms with E-state index in [1.807, 2.05) is 66.2 Å². The zero-order valence-electron chi connectivity index (χ0n) is 51.3. The number of nitrogens with one attached hydrogen (secondary N) is 4. The first kappa shape index (κ1) is 56.6. The first-order valence-corrected chi connectivity index (χ1v) is 29.8. The molecule has 11 aromatic rings. The second-order valence-corrected chi connectivity index (χ2v) is 23.8. The first-order valence-electron chi connectivity index (χ1n) is 29.8. The second-order valence-electron chi connectivity index (χ2n) is 23.8. The predicted molar refractivity (Wildman–Crippen MR) is 357 cm³/mol. The molecule has 13 rings (SSSR count). The number of amides is 1. The van der Waals surface area contributed by atoms with E-state index < -0.39 is 0 Å². The molecule has 0 spiro atoms. The standard InChI is InChI=1S/C75H69N11O2/c1-42-15-26-66(87)65(35-42)86-39-54(79-41-86)38-85(40-67-76-27-28-77-67)37-53-17-16-52(36-78-53)75(88)84-56-14-12-11-13-55(56)71-57-18-20-59(80-57)72(68-46(5)29-43(2)30-47(68)6)61-22-24-63(82-61)74(70-50(9)33-45(4)34-51(70)10)64-25-23-62(83-64)73(60-21-19-58(71)81-60)69-48(7)31-44(3)32-49(69)8/h11-36,39,41,80,83,87H,37-38,40H2,1-10H3,(H,76,77)(H,84,88). The summed E-state index contributed by atoms with van der Waals surface area (Å²) in [7, 11) is 0. The summed E-state index contributed by atoms with van der Waals surface area (Å²) in [5.74, 6) is 0.660. The van der Waals surface area contributed by atoms with Crippen molar-refractivity contribution < 1.29 is 9.90 Å². The van der Waals surface area contributed by atoms with Gasteiger partial charge in [0.15, 0.2) is 0 Å². The molecule has 0 saturated heterocycles. The molecule has 0 atom stereocenters. The van der Waals surface area contributed by atoms with Crippen LogP contribution < -0.4 is 5.32 Å². The van der Waals surface area contributed by atoms with Crippen molar-refractivity contribution in [2.24, 2.45) is 0 Å². The van der Waals surface area contributed by atoms with Gasteiger partial charge in [-0.15, -0.1) is 0 Å². The van der Waals surface area contributed by atoms with Crippen molar-refractivity contribution in [3.63, 3.8) is 0 Å². The number of para-hydroxylation sites is 1. The van der Waals surface area contributed by atoms with E-state index in [1.165, 1.54) is 27.8 Å². The highest BCUT2D eigenvalue weighted by molar-refractivity contribution is 6.08. The maximum absolute atomic E-state index is 14.7. The molecular weight excluding hydrogens is 1090 g/mol. The van der Waals surface area contributed by atoms with E-state index in [9.17, 15) is 9.90 Å². The quantitative estimate of drug-likeness (QED) is 0.0760. The molecule has 0 fully saturated rings. The summed E-state index contributed by atoms with van der Waals surface area (Å²) in [6, 6.07) is 39.3. The molecule has 0 radical (unpaired) electrons. The number of nitrogens with zero attached hydrogens (tertiary/aromatic N) is 7. The number of fused-ring (bicyclic) bond motifs is 8. The molecule has 5 N–H and O–H groups in total. The van der Waals surface area contributed by atoms with Crippen LogP contribution in [0.3, 0.4) is 0 Å². The van der Waals surface area contributed by atoms with Gasteiger partial charge in [-0.3, -0.25) is 14.7 Å². The number of pyridine rings is 1. The van der Waals surface area contributed by atoms with Crippen LogP contribution in [0.4, 0.5) is 5.69 Å². The first-order chi connectivity index (χ1) is 42.5. The van der Waals surface area contributed by atoms with E-state index >= 15 is 0 Å². The summed E-state index contributed by atoms with van der Waals surface area (Å²) in [6.45, 7) is 23.0. The summed E-state index contributed by atoms with van der Waals surface area (Å²) >= 11 is 0. The Morgan fingerprint density at radius 2 is 1.01 bits per heavy atom. The number of rotatable bonds is 13. The van der Waals surface area contributed by atoms with E-state index in [4.69, 9.17) is 19.9 Å². The summed E-state index contributed by atoms with van der Waals surface area (Å²) in [5, 5.41) is 14.0. The van der Waals surface area contributed by atoms with Crippen LogP contribution in [0, 0.1) is 69.2 Å². The minimum atomic E-state index is -0.310. The van der Waals surface area contributed by atoms with E-state index in [2.05, 4.69) is 177 Å². The molecule has 88 heavy (non-hydrogen) atoms. The Bertz CT molecular complexity index is 4720. The number of H-pyrrole nitrogens is 3. The lowest BCUT2D eigenvalue weighted by Crippen LogP contribution is -2.24. The maximum Gasteiger partial charge on any atom is 0.257 e. The van der Waals surface area contributed by atoms with Gasteiger partial charge in [0.1, 0.15) is 11.6 Å². The Balaban J connectivity index is 0.950. The zero-order valence-corrected chi connectivity index (χ0v) is 51.3. The smallest absolute Gasteiger partial charge is 0.257 e. The third kappa shape index (κ3) is 11.0. The summed E-state index contributed by atoms with van der Waals surface area (Å²) in [6.07, 6.45) is 17.4. The molecule has 0 unspecified atom stereocenters. The van der Waals surface area contributed by atoms with Gasteiger partial charge in [-0.05, 0) is 204 Å². The fourth-order valence-corrected chi connectivity index (χ4v) is 13.3. The van der Waals surface area contributed by atoms with Crippen LogP contribution in [0.1, 0.15) is 106 Å². The maximum atomic E-state index is 14.7. The van der Waals surface area contributed by atoms with Gasteiger partial charge in [0.2, 0.25) is 0 Å². The Hall–Kier alpha value is -10.5. The van der Waals surface area contributed by atoms with E-state index in [0.29, 0.717) is 36.6 Å². The third-order valence-electron chi connectivity index (χ3n) is 16.8. The molecule has 1 amide bonds. The van der Waals surface area contributed by atoms with Crippen LogP contribution in [0.15, 0.2) is 146 Å². The summed E-state index contributed by atoms with van der Waals surface area (Å²) in [4.78, 5) is 53.4. The van der Waals surface area contributed by atoms with Gasteiger partial charge in [-0.1, -0.05) is 77.4 Å². The Morgan fingerprint density at radius 3 is 1.51 bits per heavy atom. The molecule has 0 aliphatic carbocycles. The molecule has 2 aliphatic heterocycles. The van der Waals surface area contributed by atoms with Crippen molar-refractivity contribution in [2.45, 2.75) is 88.9 Å². The topological polar surface area (TPSA) is 169 Å². The summed E-state index contributed by atoms with van der Waals surface area (Å²) < 4.78 is 1.83. The highest BCUT2D eigenvalue weighted by Gasteiger charge is 2.25. The number of anilines is 1. The number of imidazole rings is 2. The largest absolute Gasteiger partial charge is 0.506 e. The van der Waals surface area contributed by atoms with Crippen molar-refractivity contribution in [1.29, 1.82) is 0 Å². The fraction of sp³-hybridized carbons (Fsp3) is 0.173. The number of aromatic nitrogens is 9. The zero-order chi connectivity index (χ0) is 61.1. The van der Waals surface area contributed by atoms with Crippen molar-refractivity contribution in [3.8, 4) is 55.9 Å². The van der Waals surface area contributed by atoms with Crippen molar-refractivity contribution in [1.82, 2.24) is 49.3 Å². The molecule has 13 nitrogen and oxygen atoms in total. The highest BCUT2D eigenvalue weighted by Crippen LogP contribution is 2.43. The van der Waals surface area contributed by atoms with E-state index in [1.54, 1.807) is 31.0 Å². The Labute approximate surface area is 512 Å². The lowest BCUT2D eigenvalue weighted by molar-refractivity contribution is 0.102. The molecule has 0 saturated carbocycles. The molecular formula is C75H69N11O2. The predicted octanol–water partition coefficient (Wildman–Crippen LogP) is 16.9. The van der Waals surface area contributed by atoms with Crippen LogP contribution in [-0.4, -0.2) is 60.4 Å². The lowest BCUT2D eigenvalue weighted by atomic mass is 9.92. The van der Waals surface area contributed by atoms with Crippen LogP contribution >= 0.6 is 0 Å². The minimum absolute atomic E-state index is 0.174. The number of phenolic OH excluding ortho intramolecular Hbond substituents is 1. The van der Waals surface area contributed by atoms with Crippen LogP contribution in [0.5, 0.6) is 5.75 Å². The van der Waals surface area contributed by atoms with E-state index in [-0.39, 0.29) is 11.7 Å². The molecule has 2 aliphatic rings. The number of hydrogen-bond donors (Lipinski definition) is 5. The minimum Gasteiger partial charge on any atom is -0.506 e. The van der Waals surface area contributed by atoms with Gasteiger partial charge >= 0.3 is 0 Å². The van der Waals surface area contributed by atoms with Crippen molar-refractivity contribution in [2.75, 3.05) is 5.32 Å². The Kier molecular flexibility index (Phi) is 14.8. The Morgan fingerprint density at radius 1 is 0.511 bits per heavy atom. The monoisotopic (exact) mass is 1160 g/mol. The normalized spacial score (nSPS) is 12.0. The SMILES string of the molecule is Cc1cc(C)c(-c2c3nc(c(-c4c(C)cc(C)cc4C)c4ccc([nH]4)c(-c4c(C)cc(C)cc4C)c4nc(c(-c5ccccc5NC(=O)c5ccc(CN(Cc6cn(-c7cc(C)ccc7O)cn6)Cc6ncc[nH]6)nc5)c5ccc2[nH]5)C=C4)C=C3)c(C)c1.